The van der Waals surface area contributed by atoms with Crippen molar-refractivity contribution in [3.05, 3.63) is 93.8 Å². The SMILES string of the molecule is COc1cc(CNCc2ccc(F)cc2)c(Cl)cc1OCc1cccc(C)c1. The van der Waals surface area contributed by atoms with Gasteiger partial charge in [0, 0.05) is 24.2 Å². The Morgan fingerprint density at radius 3 is 2.43 bits per heavy atom. The highest BCUT2D eigenvalue weighted by Gasteiger charge is 2.11. The maximum atomic E-state index is 13.0. The molecule has 3 rings (SSSR count). The molecule has 0 aliphatic carbocycles. The van der Waals surface area contributed by atoms with Crippen LogP contribution in [-0.2, 0) is 19.7 Å². The standard InChI is InChI=1S/C23H23ClFNO2/c1-16-4-3-5-18(10-16)15-28-23-12-21(24)19(11-22(23)27-2)14-26-13-17-6-8-20(25)9-7-17/h3-12,26H,13-15H2,1-2H3. The number of nitrogens with one attached hydrogen (secondary N) is 1. The van der Waals surface area contributed by atoms with Crippen molar-refractivity contribution in [1.29, 1.82) is 0 Å². The van der Waals surface area contributed by atoms with Crippen molar-refractivity contribution in [2.45, 2.75) is 26.6 Å². The van der Waals surface area contributed by atoms with Gasteiger partial charge in [-0.05, 0) is 41.8 Å². The summed E-state index contributed by atoms with van der Waals surface area (Å²) in [4.78, 5) is 0. The first-order chi connectivity index (χ1) is 13.5. The van der Waals surface area contributed by atoms with Gasteiger partial charge in [-0.3, -0.25) is 0 Å². The van der Waals surface area contributed by atoms with Crippen molar-refractivity contribution in [3.8, 4) is 11.5 Å². The lowest BCUT2D eigenvalue weighted by Gasteiger charge is -2.14. The lowest BCUT2D eigenvalue weighted by Crippen LogP contribution is -2.13. The quantitative estimate of drug-likeness (QED) is 0.529. The van der Waals surface area contributed by atoms with Gasteiger partial charge in [0.05, 0.1) is 7.11 Å². The number of halogens is 2. The Labute approximate surface area is 170 Å². The molecule has 0 aromatic heterocycles. The molecule has 0 atom stereocenters. The van der Waals surface area contributed by atoms with E-state index in [4.69, 9.17) is 21.1 Å². The average Bonchev–Trinajstić information content (AvgIpc) is 2.69. The monoisotopic (exact) mass is 399 g/mol. The normalized spacial score (nSPS) is 10.7. The fourth-order valence-electron chi connectivity index (χ4n) is 2.89. The van der Waals surface area contributed by atoms with Crippen LogP contribution in [0.2, 0.25) is 5.02 Å². The number of aryl methyl sites for hydroxylation is 1. The van der Waals surface area contributed by atoms with Gasteiger partial charge in [0.1, 0.15) is 12.4 Å². The molecule has 0 heterocycles. The van der Waals surface area contributed by atoms with Gasteiger partial charge in [0.2, 0.25) is 0 Å². The average molecular weight is 400 g/mol. The molecule has 28 heavy (non-hydrogen) atoms. The van der Waals surface area contributed by atoms with Crippen LogP contribution in [0.1, 0.15) is 22.3 Å². The van der Waals surface area contributed by atoms with Crippen LogP contribution in [0.3, 0.4) is 0 Å². The molecule has 3 aromatic carbocycles. The fraction of sp³-hybridized carbons (Fsp3) is 0.217. The first-order valence-corrected chi connectivity index (χ1v) is 9.43. The fourth-order valence-corrected chi connectivity index (χ4v) is 3.11. The molecule has 0 spiro atoms. The van der Waals surface area contributed by atoms with E-state index >= 15 is 0 Å². The van der Waals surface area contributed by atoms with Gasteiger partial charge in [0.15, 0.2) is 11.5 Å². The second-order valence-electron chi connectivity index (χ2n) is 6.60. The highest BCUT2D eigenvalue weighted by Crippen LogP contribution is 2.34. The van der Waals surface area contributed by atoms with Gasteiger partial charge in [-0.2, -0.15) is 0 Å². The summed E-state index contributed by atoms with van der Waals surface area (Å²) < 4.78 is 24.4. The summed E-state index contributed by atoms with van der Waals surface area (Å²) >= 11 is 6.44. The molecule has 3 nitrogen and oxygen atoms in total. The number of benzene rings is 3. The molecule has 1 N–H and O–H groups in total. The molecule has 3 aromatic rings. The Kier molecular flexibility index (Phi) is 6.90. The Hall–Kier alpha value is -2.56. The van der Waals surface area contributed by atoms with Crippen LogP contribution in [0.4, 0.5) is 4.39 Å². The Morgan fingerprint density at radius 1 is 0.929 bits per heavy atom. The van der Waals surface area contributed by atoms with E-state index in [2.05, 4.69) is 24.4 Å². The van der Waals surface area contributed by atoms with Gasteiger partial charge in [-0.1, -0.05) is 53.6 Å². The van der Waals surface area contributed by atoms with E-state index in [1.807, 2.05) is 18.2 Å². The van der Waals surface area contributed by atoms with Gasteiger partial charge >= 0.3 is 0 Å². The van der Waals surface area contributed by atoms with E-state index in [1.54, 1.807) is 25.3 Å². The number of methoxy groups -OCH3 is 1. The number of hydrogen-bond donors (Lipinski definition) is 1. The number of hydrogen-bond acceptors (Lipinski definition) is 3. The molecule has 0 aliphatic heterocycles. The first kappa shape index (κ1) is 20.2. The Morgan fingerprint density at radius 2 is 1.71 bits per heavy atom. The maximum Gasteiger partial charge on any atom is 0.163 e. The third kappa shape index (κ3) is 5.47. The summed E-state index contributed by atoms with van der Waals surface area (Å²) in [5.41, 5.74) is 4.18. The highest BCUT2D eigenvalue weighted by atomic mass is 35.5. The predicted molar refractivity (Wildman–Crippen MR) is 110 cm³/mol. The number of ether oxygens (including phenoxy) is 2. The van der Waals surface area contributed by atoms with Crippen LogP contribution in [-0.4, -0.2) is 7.11 Å². The molecule has 0 aliphatic rings. The third-order valence-electron chi connectivity index (χ3n) is 4.37. The van der Waals surface area contributed by atoms with Crippen LogP contribution in [0.15, 0.2) is 60.7 Å². The van der Waals surface area contributed by atoms with E-state index in [0.717, 1.165) is 16.7 Å². The van der Waals surface area contributed by atoms with Crippen molar-refractivity contribution in [1.82, 2.24) is 5.32 Å². The summed E-state index contributed by atoms with van der Waals surface area (Å²) in [5, 5.41) is 3.91. The van der Waals surface area contributed by atoms with Gasteiger partial charge in [0.25, 0.3) is 0 Å². The van der Waals surface area contributed by atoms with E-state index in [-0.39, 0.29) is 5.82 Å². The largest absolute Gasteiger partial charge is 0.493 e. The molecule has 0 fully saturated rings. The lowest BCUT2D eigenvalue weighted by atomic mass is 10.1. The summed E-state index contributed by atoms with van der Waals surface area (Å²) in [5.74, 6) is 1.00. The van der Waals surface area contributed by atoms with Gasteiger partial charge < -0.3 is 14.8 Å². The Bertz CT molecular complexity index is 928. The second-order valence-corrected chi connectivity index (χ2v) is 7.01. The van der Waals surface area contributed by atoms with E-state index < -0.39 is 0 Å². The van der Waals surface area contributed by atoms with Crippen LogP contribution >= 0.6 is 11.6 Å². The third-order valence-corrected chi connectivity index (χ3v) is 4.72. The zero-order chi connectivity index (χ0) is 19.9. The second kappa shape index (κ2) is 9.58. The van der Waals surface area contributed by atoms with E-state index in [1.165, 1.54) is 17.7 Å². The topological polar surface area (TPSA) is 30.5 Å². The summed E-state index contributed by atoms with van der Waals surface area (Å²) in [6.07, 6.45) is 0. The minimum absolute atomic E-state index is 0.238. The highest BCUT2D eigenvalue weighted by molar-refractivity contribution is 6.31. The van der Waals surface area contributed by atoms with Crippen molar-refractivity contribution in [3.63, 3.8) is 0 Å². The molecule has 0 amide bonds. The molecule has 0 saturated heterocycles. The first-order valence-electron chi connectivity index (χ1n) is 9.05. The minimum atomic E-state index is -0.238. The minimum Gasteiger partial charge on any atom is -0.493 e. The maximum absolute atomic E-state index is 13.0. The van der Waals surface area contributed by atoms with Crippen molar-refractivity contribution in [2.24, 2.45) is 0 Å². The molecule has 0 bridgehead atoms. The lowest BCUT2D eigenvalue weighted by molar-refractivity contribution is 0.284. The Balaban J connectivity index is 1.64. The molecule has 146 valence electrons. The zero-order valence-electron chi connectivity index (χ0n) is 16.0. The number of rotatable bonds is 8. The molecule has 0 saturated carbocycles. The zero-order valence-corrected chi connectivity index (χ0v) is 16.7. The predicted octanol–water partition coefficient (Wildman–Crippen LogP) is 5.66. The van der Waals surface area contributed by atoms with Crippen LogP contribution < -0.4 is 14.8 Å². The van der Waals surface area contributed by atoms with Crippen LogP contribution in [0, 0.1) is 12.7 Å². The van der Waals surface area contributed by atoms with Crippen LogP contribution in [0.5, 0.6) is 11.5 Å². The van der Waals surface area contributed by atoms with Crippen LogP contribution in [0.25, 0.3) is 0 Å². The summed E-state index contributed by atoms with van der Waals surface area (Å²) in [7, 11) is 1.61. The molecule has 5 heteroatoms. The van der Waals surface area contributed by atoms with Crippen molar-refractivity contribution >= 4 is 11.6 Å². The molecular formula is C23H23ClFNO2. The van der Waals surface area contributed by atoms with Crippen molar-refractivity contribution < 1.29 is 13.9 Å². The van der Waals surface area contributed by atoms with Gasteiger partial charge in [-0.15, -0.1) is 0 Å². The summed E-state index contributed by atoms with van der Waals surface area (Å²) in [6.45, 7) is 3.67. The molecular weight excluding hydrogens is 377 g/mol. The smallest absolute Gasteiger partial charge is 0.163 e. The van der Waals surface area contributed by atoms with E-state index in [0.29, 0.717) is 36.2 Å². The van der Waals surface area contributed by atoms with Crippen molar-refractivity contribution in [2.75, 3.05) is 7.11 Å². The summed E-state index contributed by atoms with van der Waals surface area (Å²) in [6, 6.07) is 18.2. The molecule has 0 radical (unpaired) electrons. The van der Waals surface area contributed by atoms with Gasteiger partial charge in [-0.25, -0.2) is 4.39 Å². The molecule has 0 unspecified atom stereocenters. The van der Waals surface area contributed by atoms with E-state index in [9.17, 15) is 4.39 Å².